The van der Waals surface area contributed by atoms with Crippen LogP contribution in [0.3, 0.4) is 0 Å². The van der Waals surface area contributed by atoms with Gasteiger partial charge in [0.1, 0.15) is 24.3 Å². The highest BCUT2D eigenvalue weighted by Gasteiger charge is 2.51. The number of aromatic amines is 1. The number of thioether (sulfide) groups is 1. The molecule has 0 amide bonds. The number of H-pyrrole nitrogens is 1. The maximum absolute atomic E-state index is 14.1. The van der Waals surface area contributed by atoms with Gasteiger partial charge < -0.3 is 32.8 Å². The predicted octanol–water partition coefficient (Wildman–Crippen LogP) is 5.08. The summed E-state index contributed by atoms with van der Waals surface area (Å²) >= 11 is 0.932. The molecule has 290 valence electrons. The Balaban J connectivity index is 2.50. The number of nitrogens with zero attached hydrogens (tertiary/aromatic N) is 3. The number of esters is 2. The number of methoxy groups -OCH3 is 1. The average molecular weight is 783 g/mol. The van der Waals surface area contributed by atoms with E-state index in [0.717, 1.165) is 22.4 Å². The van der Waals surface area contributed by atoms with Gasteiger partial charge >= 0.3 is 25.2 Å². The summed E-state index contributed by atoms with van der Waals surface area (Å²) in [5.41, 5.74) is -4.56. The van der Waals surface area contributed by atoms with E-state index >= 15 is 0 Å². The monoisotopic (exact) mass is 782 g/mol. The minimum atomic E-state index is -4.21. The zero-order valence-electron chi connectivity index (χ0n) is 31.1. The molecule has 0 bridgehead atoms. The Hall–Kier alpha value is -2.16. The van der Waals surface area contributed by atoms with Crippen molar-refractivity contribution in [1.82, 2.24) is 14.2 Å². The van der Waals surface area contributed by atoms with Crippen LogP contribution in [0.1, 0.15) is 75.5 Å². The standard InChI is InChI=1S/C31H52N4O13P2S/c1-20(2)35(21(3)4)49(44-16-14-32-11)48-24-23(41-12)25(34-15-13-22(36)33-29(34)39)47-26(24)51-19-50(40,45-17-42-27(37)30(5,6)7)46-18-43-28(38)31(8,9)10/h13,15,20-21,23-26H,14,16-19H2,1-10,12H3,(H,33,36,39)/t23?,24?,25-,26-,49?/m1/s1. The number of ether oxygens (including phenoxy) is 4. The van der Waals surface area contributed by atoms with Gasteiger partial charge in [-0.1, -0.05) is 0 Å². The summed E-state index contributed by atoms with van der Waals surface area (Å²) in [5.74, 6) is -1.23. The van der Waals surface area contributed by atoms with Crippen LogP contribution in [0.15, 0.2) is 21.9 Å². The molecule has 17 nitrogen and oxygen atoms in total. The number of hydrogen-bond donors (Lipinski definition) is 1. The number of carbonyl (C=O) groups excluding carboxylic acids is 2. The van der Waals surface area contributed by atoms with Crippen molar-refractivity contribution in [2.75, 3.05) is 39.3 Å². The molecule has 1 aliphatic rings. The maximum Gasteiger partial charge on any atom is 0.346 e. The molecule has 3 unspecified atom stereocenters. The molecule has 1 saturated heterocycles. The highest BCUT2D eigenvalue weighted by Crippen LogP contribution is 2.56. The molecule has 1 aromatic heterocycles. The quantitative estimate of drug-likeness (QED) is 0.0643. The van der Waals surface area contributed by atoms with E-state index in [1.54, 1.807) is 41.5 Å². The maximum atomic E-state index is 14.1. The Kier molecular flexibility index (Phi) is 17.5. The van der Waals surface area contributed by atoms with Crippen LogP contribution < -0.4 is 11.2 Å². The number of hydrogen-bond acceptors (Lipinski definition) is 15. The van der Waals surface area contributed by atoms with Gasteiger partial charge in [0.25, 0.3) is 14.1 Å². The zero-order chi connectivity index (χ0) is 38.7. The Morgan fingerprint density at radius 2 is 1.59 bits per heavy atom. The minimum Gasteiger partial charge on any atom is -0.438 e. The van der Waals surface area contributed by atoms with Crippen LogP contribution in [0.25, 0.3) is 4.85 Å². The smallest absolute Gasteiger partial charge is 0.346 e. The lowest BCUT2D eigenvalue weighted by atomic mass is 9.98. The van der Waals surface area contributed by atoms with Gasteiger partial charge in [-0.15, -0.1) is 11.8 Å². The van der Waals surface area contributed by atoms with Crippen LogP contribution in [0.2, 0.25) is 0 Å². The number of carbonyl (C=O) groups is 2. The van der Waals surface area contributed by atoms with E-state index in [1.807, 2.05) is 32.4 Å². The highest BCUT2D eigenvalue weighted by molar-refractivity contribution is 8.05. The van der Waals surface area contributed by atoms with Gasteiger partial charge in [0.2, 0.25) is 20.1 Å². The fourth-order valence-corrected chi connectivity index (χ4v) is 9.20. The van der Waals surface area contributed by atoms with Crippen LogP contribution in [-0.4, -0.2) is 95.2 Å². The van der Waals surface area contributed by atoms with Crippen molar-refractivity contribution in [2.45, 2.75) is 105 Å². The molecule has 1 aliphatic heterocycles. The van der Waals surface area contributed by atoms with Crippen LogP contribution in [0, 0.1) is 17.4 Å². The largest absolute Gasteiger partial charge is 0.438 e. The molecule has 1 fully saturated rings. The summed E-state index contributed by atoms with van der Waals surface area (Å²) in [6.45, 7) is 23.6. The molecule has 0 saturated carbocycles. The van der Waals surface area contributed by atoms with Crippen molar-refractivity contribution < 1.29 is 51.2 Å². The molecule has 5 atom stereocenters. The Morgan fingerprint density at radius 1 is 1.04 bits per heavy atom. The van der Waals surface area contributed by atoms with Crippen LogP contribution >= 0.6 is 27.9 Å². The fourth-order valence-electron chi connectivity index (χ4n) is 4.38. The van der Waals surface area contributed by atoms with E-state index in [-0.39, 0.29) is 25.2 Å². The first-order chi connectivity index (χ1) is 23.6. The third-order valence-corrected chi connectivity index (χ3v) is 12.6. The van der Waals surface area contributed by atoms with E-state index in [2.05, 4.69) is 9.83 Å². The van der Waals surface area contributed by atoms with Crippen molar-refractivity contribution in [3.05, 3.63) is 44.5 Å². The zero-order valence-corrected chi connectivity index (χ0v) is 33.7. The minimum absolute atomic E-state index is 0.0512. The van der Waals surface area contributed by atoms with Gasteiger partial charge in [-0.3, -0.25) is 37.5 Å². The molecular formula is C31H52N4O13P2S. The lowest BCUT2D eigenvalue weighted by Gasteiger charge is -2.38. The van der Waals surface area contributed by atoms with Crippen molar-refractivity contribution in [1.29, 1.82) is 0 Å². The molecule has 0 aliphatic carbocycles. The second-order valence-corrected chi connectivity index (χ2v) is 18.9. The molecule has 0 radical (unpaired) electrons. The van der Waals surface area contributed by atoms with E-state index < -0.39 is 93.1 Å². The summed E-state index contributed by atoms with van der Waals surface area (Å²) in [6, 6.07) is 1.05. The lowest BCUT2D eigenvalue weighted by molar-refractivity contribution is -0.161. The SMILES string of the molecule is [C-]#[N+]CCOP(OC1C(OC)[C@H](n2ccc(=O)[nH]c2=O)O[C@@H]1SCP(=O)(OCOC(=O)C(C)(C)C)OCOC(=O)C(C)(C)C)N(C(C)C)C(C)C. The van der Waals surface area contributed by atoms with E-state index in [1.165, 1.54) is 13.3 Å². The highest BCUT2D eigenvalue weighted by atomic mass is 32.2. The van der Waals surface area contributed by atoms with Crippen LogP contribution in [0.4, 0.5) is 0 Å². The first-order valence-electron chi connectivity index (χ1n) is 16.2. The summed E-state index contributed by atoms with van der Waals surface area (Å²) < 4.78 is 63.5. The average Bonchev–Trinajstić information content (AvgIpc) is 3.35. The van der Waals surface area contributed by atoms with Crippen molar-refractivity contribution >= 4 is 39.8 Å². The van der Waals surface area contributed by atoms with E-state index in [4.69, 9.17) is 43.6 Å². The third kappa shape index (κ3) is 13.6. The molecule has 20 heteroatoms. The second kappa shape index (κ2) is 19.8. The Morgan fingerprint density at radius 3 is 2.04 bits per heavy atom. The molecule has 1 N–H and O–H groups in total. The first kappa shape index (κ1) is 45.0. The van der Waals surface area contributed by atoms with Gasteiger partial charge in [-0.2, -0.15) is 0 Å². The van der Waals surface area contributed by atoms with Crippen LogP contribution in [0.5, 0.6) is 0 Å². The predicted molar refractivity (Wildman–Crippen MR) is 190 cm³/mol. The van der Waals surface area contributed by atoms with Crippen molar-refractivity contribution in [3.8, 4) is 0 Å². The summed E-state index contributed by atoms with van der Waals surface area (Å²) in [4.78, 5) is 55.1. The molecule has 1 aromatic rings. The second-order valence-electron chi connectivity index (χ2n) is 14.0. The van der Waals surface area contributed by atoms with Gasteiger partial charge in [0.05, 0.1) is 16.3 Å². The van der Waals surface area contributed by atoms with Crippen molar-refractivity contribution in [2.24, 2.45) is 10.8 Å². The molecule has 2 heterocycles. The van der Waals surface area contributed by atoms with Gasteiger partial charge in [0, 0.05) is 31.5 Å². The number of nitrogens with one attached hydrogen (secondary N) is 1. The number of aromatic nitrogens is 2. The lowest BCUT2D eigenvalue weighted by Crippen LogP contribution is -2.41. The molecule has 0 spiro atoms. The third-order valence-electron chi connectivity index (χ3n) is 6.91. The Bertz CT molecular complexity index is 1460. The van der Waals surface area contributed by atoms with Gasteiger partial charge in [0.15, 0.2) is 6.23 Å². The van der Waals surface area contributed by atoms with E-state index in [0.29, 0.717) is 0 Å². The van der Waals surface area contributed by atoms with Gasteiger partial charge in [-0.25, -0.2) is 16.0 Å². The van der Waals surface area contributed by atoms with E-state index in [9.17, 15) is 23.7 Å². The van der Waals surface area contributed by atoms with Gasteiger partial charge in [-0.05, 0) is 69.2 Å². The molecule has 2 rings (SSSR count). The molecule has 51 heavy (non-hydrogen) atoms. The van der Waals surface area contributed by atoms with Crippen molar-refractivity contribution in [3.63, 3.8) is 0 Å². The first-order valence-corrected chi connectivity index (χ1v) is 20.1. The summed E-state index contributed by atoms with van der Waals surface area (Å²) in [6.07, 6.45) is -1.83. The summed E-state index contributed by atoms with van der Waals surface area (Å²) in [7, 11) is -4.67. The normalized spacial score (nSPS) is 20.5. The molecule has 0 aromatic carbocycles. The molecular weight excluding hydrogens is 730 g/mol. The topological polar surface area (TPSA) is 188 Å². The number of rotatable bonds is 19. The summed E-state index contributed by atoms with van der Waals surface area (Å²) in [5, 5.41) is 0. The van der Waals surface area contributed by atoms with Crippen LogP contribution in [-0.2, 0) is 51.2 Å². The Labute approximate surface area is 304 Å². The fraction of sp³-hybridized carbons (Fsp3) is 0.774.